The van der Waals surface area contributed by atoms with Gasteiger partial charge in [-0.25, -0.2) is 0 Å². The van der Waals surface area contributed by atoms with Gasteiger partial charge in [0.1, 0.15) is 0 Å². The number of likely N-dealkylation sites (N-methyl/N-ethyl adjacent to an activating group) is 1. The van der Waals surface area contributed by atoms with Crippen LogP contribution in [0.2, 0.25) is 0 Å². The van der Waals surface area contributed by atoms with Gasteiger partial charge in [0.15, 0.2) is 0 Å². The van der Waals surface area contributed by atoms with Crippen LogP contribution in [0.4, 0.5) is 0 Å². The van der Waals surface area contributed by atoms with Gasteiger partial charge in [-0.1, -0.05) is 6.42 Å². The SMILES string of the molecule is CNCCNC(=O)C[C@H](CCCCN)NC. The van der Waals surface area contributed by atoms with E-state index in [2.05, 4.69) is 16.0 Å². The summed E-state index contributed by atoms with van der Waals surface area (Å²) in [5.41, 5.74) is 5.43. The number of carbonyl (C=O) groups is 1. The molecule has 5 heteroatoms. The van der Waals surface area contributed by atoms with E-state index in [1.165, 1.54) is 0 Å². The molecule has 0 aromatic rings. The Kier molecular flexibility index (Phi) is 10.4. The number of nitrogens with one attached hydrogen (secondary N) is 3. The van der Waals surface area contributed by atoms with Crippen molar-refractivity contribution in [2.75, 3.05) is 33.7 Å². The van der Waals surface area contributed by atoms with E-state index in [0.717, 1.165) is 32.4 Å². The van der Waals surface area contributed by atoms with E-state index in [1.807, 2.05) is 14.1 Å². The molecule has 0 aliphatic rings. The van der Waals surface area contributed by atoms with Crippen LogP contribution in [0.5, 0.6) is 0 Å². The van der Waals surface area contributed by atoms with Gasteiger partial charge in [-0.05, 0) is 33.5 Å². The second-order valence-corrected chi connectivity index (χ2v) is 3.93. The van der Waals surface area contributed by atoms with E-state index < -0.39 is 0 Å². The third-order valence-electron chi connectivity index (χ3n) is 2.54. The molecular weight excluding hydrogens is 204 g/mol. The van der Waals surface area contributed by atoms with E-state index in [-0.39, 0.29) is 11.9 Å². The molecule has 96 valence electrons. The van der Waals surface area contributed by atoms with Gasteiger partial charge in [-0.2, -0.15) is 0 Å². The van der Waals surface area contributed by atoms with Crippen LogP contribution in [-0.4, -0.2) is 45.7 Å². The molecule has 0 aromatic heterocycles. The molecule has 1 atom stereocenters. The normalized spacial score (nSPS) is 12.4. The van der Waals surface area contributed by atoms with Crippen molar-refractivity contribution in [1.82, 2.24) is 16.0 Å². The molecule has 0 heterocycles. The van der Waals surface area contributed by atoms with Crippen LogP contribution < -0.4 is 21.7 Å². The fraction of sp³-hybridized carbons (Fsp3) is 0.909. The first-order valence-electron chi connectivity index (χ1n) is 6.03. The number of carbonyl (C=O) groups excluding carboxylic acids is 1. The average molecular weight is 230 g/mol. The molecule has 0 aliphatic heterocycles. The van der Waals surface area contributed by atoms with Crippen LogP contribution in [0, 0.1) is 0 Å². The molecule has 0 rings (SSSR count). The van der Waals surface area contributed by atoms with Gasteiger partial charge >= 0.3 is 0 Å². The summed E-state index contributed by atoms with van der Waals surface area (Å²) < 4.78 is 0. The summed E-state index contributed by atoms with van der Waals surface area (Å²) >= 11 is 0. The highest BCUT2D eigenvalue weighted by Gasteiger charge is 2.10. The second-order valence-electron chi connectivity index (χ2n) is 3.93. The highest BCUT2D eigenvalue weighted by Crippen LogP contribution is 2.03. The Morgan fingerprint density at radius 1 is 1.25 bits per heavy atom. The van der Waals surface area contributed by atoms with Crippen LogP contribution >= 0.6 is 0 Å². The van der Waals surface area contributed by atoms with E-state index >= 15 is 0 Å². The molecule has 0 spiro atoms. The smallest absolute Gasteiger partial charge is 0.221 e. The van der Waals surface area contributed by atoms with E-state index in [1.54, 1.807) is 0 Å². The third-order valence-corrected chi connectivity index (χ3v) is 2.54. The van der Waals surface area contributed by atoms with Gasteiger partial charge in [0, 0.05) is 25.6 Å². The van der Waals surface area contributed by atoms with Crippen molar-refractivity contribution >= 4 is 5.91 Å². The average Bonchev–Trinajstić information content (AvgIpc) is 2.28. The summed E-state index contributed by atoms with van der Waals surface area (Å²) in [6, 6.07) is 0.265. The first-order chi connectivity index (χ1) is 7.74. The molecule has 16 heavy (non-hydrogen) atoms. The highest BCUT2D eigenvalue weighted by molar-refractivity contribution is 5.76. The zero-order chi connectivity index (χ0) is 12.2. The standard InChI is InChI=1S/C11H26N4O/c1-13-7-8-15-11(16)9-10(14-2)5-3-4-6-12/h10,13-14H,3-9,12H2,1-2H3,(H,15,16)/t10-/m0/s1. The molecule has 0 fully saturated rings. The van der Waals surface area contributed by atoms with Crippen molar-refractivity contribution in [2.24, 2.45) is 5.73 Å². The number of rotatable bonds is 10. The molecule has 0 saturated carbocycles. The fourth-order valence-electron chi connectivity index (χ4n) is 1.51. The number of nitrogens with two attached hydrogens (primary N) is 1. The molecule has 0 saturated heterocycles. The molecule has 5 N–H and O–H groups in total. The Morgan fingerprint density at radius 3 is 2.56 bits per heavy atom. The Balaban J connectivity index is 3.61. The van der Waals surface area contributed by atoms with Crippen LogP contribution in [0.3, 0.4) is 0 Å². The van der Waals surface area contributed by atoms with E-state index in [4.69, 9.17) is 5.73 Å². The van der Waals surface area contributed by atoms with Crippen LogP contribution in [0.1, 0.15) is 25.7 Å². The highest BCUT2D eigenvalue weighted by atomic mass is 16.1. The molecule has 0 unspecified atom stereocenters. The number of hydrogen-bond donors (Lipinski definition) is 4. The van der Waals surface area contributed by atoms with Crippen molar-refractivity contribution in [3.05, 3.63) is 0 Å². The van der Waals surface area contributed by atoms with Crippen molar-refractivity contribution in [1.29, 1.82) is 0 Å². The monoisotopic (exact) mass is 230 g/mol. The molecule has 0 aromatic carbocycles. The van der Waals surface area contributed by atoms with Gasteiger partial charge in [0.25, 0.3) is 0 Å². The summed E-state index contributed by atoms with van der Waals surface area (Å²) in [5.74, 6) is 0.113. The third kappa shape index (κ3) is 8.64. The topological polar surface area (TPSA) is 79.2 Å². The van der Waals surface area contributed by atoms with Gasteiger partial charge < -0.3 is 21.7 Å². The Bertz CT molecular complexity index is 175. The number of amides is 1. The van der Waals surface area contributed by atoms with Crippen LogP contribution in [0.25, 0.3) is 0 Å². The summed E-state index contributed by atoms with van der Waals surface area (Å²) in [5, 5.41) is 9.03. The Morgan fingerprint density at radius 2 is 2.00 bits per heavy atom. The summed E-state index contributed by atoms with van der Waals surface area (Å²) in [6.45, 7) is 2.22. The van der Waals surface area contributed by atoms with Crippen LogP contribution in [-0.2, 0) is 4.79 Å². The predicted octanol–water partition coefficient (Wildman–Crippen LogP) is -0.571. The van der Waals surface area contributed by atoms with Crippen LogP contribution in [0.15, 0.2) is 0 Å². The van der Waals surface area contributed by atoms with Gasteiger partial charge in [-0.3, -0.25) is 4.79 Å². The number of unbranched alkanes of at least 4 members (excludes halogenated alkanes) is 1. The maximum atomic E-state index is 11.5. The molecule has 0 radical (unpaired) electrons. The molecular formula is C11H26N4O. The zero-order valence-electron chi connectivity index (χ0n) is 10.5. The first-order valence-corrected chi connectivity index (χ1v) is 6.03. The van der Waals surface area contributed by atoms with E-state index in [0.29, 0.717) is 13.0 Å². The molecule has 1 amide bonds. The van der Waals surface area contributed by atoms with Gasteiger partial charge in [-0.15, -0.1) is 0 Å². The molecule has 5 nitrogen and oxygen atoms in total. The zero-order valence-corrected chi connectivity index (χ0v) is 10.5. The maximum absolute atomic E-state index is 11.5. The Hall–Kier alpha value is -0.650. The van der Waals surface area contributed by atoms with Gasteiger partial charge in [0.2, 0.25) is 5.91 Å². The Labute approximate surface area is 98.5 Å². The minimum atomic E-state index is 0.113. The summed E-state index contributed by atoms with van der Waals surface area (Å²) in [6.07, 6.45) is 3.66. The lowest BCUT2D eigenvalue weighted by molar-refractivity contribution is -0.121. The van der Waals surface area contributed by atoms with Crippen molar-refractivity contribution in [3.63, 3.8) is 0 Å². The van der Waals surface area contributed by atoms with Crippen molar-refractivity contribution in [3.8, 4) is 0 Å². The molecule has 0 bridgehead atoms. The van der Waals surface area contributed by atoms with Crippen molar-refractivity contribution in [2.45, 2.75) is 31.7 Å². The lowest BCUT2D eigenvalue weighted by Gasteiger charge is -2.15. The summed E-state index contributed by atoms with van der Waals surface area (Å²) in [4.78, 5) is 11.5. The van der Waals surface area contributed by atoms with E-state index in [9.17, 15) is 4.79 Å². The van der Waals surface area contributed by atoms with Crippen molar-refractivity contribution < 1.29 is 4.79 Å². The predicted molar refractivity (Wildman–Crippen MR) is 67.3 cm³/mol. The molecule has 0 aliphatic carbocycles. The maximum Gasteiger partial charge on any atom is 0.221 e. The minimum absolute atomic E-state index is 0.113. The lowest BCUT2D eigenvalue weighted by Crippen LogP contribution is -2.36. The minimum Gasteiger partial charge on any atom is -0.355 e. The largest absolute Gasteiger partial charge is 0.355 e. The quantitative estimate of drug-likeness (QED) is 0.379. The number of hydrogen-bond acceptors (Lipinski definition) is 4. The lowest BCUT2D eigenvalue weighted by atomic mass is 10.1. The fourth-order valence-corrected chi connectivity index (χ4v) is 1.51. The summed E-state index contributed by atoms with van der Waals surface area (Å²) in [7, 11) is 3.77. The van der Waals surface area contributed by atoms with Gasteiger partial charge in [0.05, 0.1) is 0 Å². The second kappa shape index (κ2) is 10.9. The first kappa shape index (κ1) is 15.3.